The summed E-state index contributed by atoms with van der Waals surface area (Å²) in [4.78, 5) is 6.74. The molecule has 2 heterocycles. The maximum Gasteiger partial charge on any atom is 0.0704 e. The van der Waals surface area contributed by atoms with E-state index in [4.69, 9.17) is 16.3 Å². The van der Waals surface area contributed by atoms with E-state index >= 15 is 0 Å². The van der Waals surface area contributed by atoms with Crippen molar-refractivity contribution in [2.45, 2.75) is 0 Å². The molecule has 1 aromatic carbocycles. The first-order chi connectivity index (χ1) is 8.33. The molecule has 1 aliphatic rings. The third-order valence-electron chi connectivity index (χ3n) is 3.01. The van der Waals surface area contributed by atoms with Gasteiger partial charge >= 0.3 is 0 Å². The molecule has 0 N–H and O–H groups in total. The summed E-state index contributed by atoms with van der Waals surface area (Å²) in [5.74, 6) is 0. The van der Waals surface area contributed by atoms with Crippen LogP contribution in [0.4, 0.5) is 5.69 Å². The molecule has 0 saturated carbocycles. The van der Waals surface area contributed by atoms with Crippen molar-refractivity contribution in [3.8, 4) is 0 Å². The van der Waals surface area contributed by atoms with Gasteiger partial charge in [0, 0.05) is 23.5 Å². The molecule has 3 nitrogen and oxygen atoms in total. The zero-order valence-electron chi connectivity index (χ0n) is 9.40. The van der Waals surface area contributed by atoms with Crippen LogP contribution in [0.25, 0.3) is 10.9 Å². The number of aromatic nitrogens is 1. The van der Waals surface area contributed by atoms with E-state index in [0.717, 1.165) is 47.9 Å². The normalized spacial score (nSPS) is 16.4. The van der Waals surface area contributed by atoms with Gasteiger partial charge in [0.2, 0.25) is 0 Å². The lowest BCUT2D eigenvalue weighted by atomic mass is 10.2. The van der Waals surface area contributed by atoms with Crippen molar-refractivity contribution in [3.63, 3.8) is 0 Å². The van der Waals surface area contributed by atoms with Crippen molar-refractivity contribution < 1.29 is 4.74 Å². The third kappa shape index (κ3) is 2.21. The third-order valence-corrected chi connectivity index (χ3v) is 3.24. The first-order valence-electron chi connectivity index (χ1n) is 5.71. The van der Waals surface area contributed by atoms with Crippen LogP contribution < -0.4 is 4.90 Å². The summed E-state index contributed by atoms with van der Waals surface area (Å²) < 4.78 is 5.34. The van der Waals surface area contributed by atoms with E-state index in [1.54, 1.807) is 0 Å². The number of rotatable bonds is 1. The smallest absolute Gasteiger partial charge is 0.0704 e. The van der Waals surface area contributed by atoms with Crippen molar-refractivity contribution in [1.82, 2.24) is 4.98 Å². The number of pyridine rings is 1. The Morgan fingerprint density at radius 3 is 2.82 bits per heavy atom. The van der Waals surface area contributed by atoms with Crippen LogP contribution in [0, 0.1) is 0 Å². The summed E-state index contributed by atoms with van der Waals surface area (Å²) in [5.41, 5.74) is 2.12. The van der Waals surface area contributed by atoms with Crippen LogP contribution in [-0.4, -0.2) is 31.3 Å². The SMILES string of the molecule is Clc1ccc2ncc(N3CCOCC3)cc2c1. The second-order valence-electron chi connectivity index (χ2n) is 4.13. The van der Waals surface area contributed by atoms with Crippen LogP contribution in [0.2, 0.25) is 5.02 Å². The lowest BCUT2D eigenvalue weighted by Gasteiger charge is -2.28. The summed E-state index contributed by atoms with van der Waals surface area (Å²) in [5, 5.41) is 1.83. The second-order valence-corrected chi connectivity index (χ2v) is 4.57. The molecule has 0 radical (unpaired) electrons. The van der Waals surface area contributed by atoms with E-state index in [-0.39, 0.29) is 0 Å². The van der Waals surface area contributed by atoms with E-state index in [0.29, 0.717) is 0 Å². The number of hydrogen-bond acceptors (Lipinski definition) is 3. The minimum atomic E-state index is 0.749. The van der Waals surface area contributed by atoms with Gasteiger partial charge in [-0.3, -0.25) is 4.98 Å². The van der Waals surface area contributed by atoms with Crippen molar-refractivity contribution in [3.05, 3.63) is 35.5 Å². The molecule has 0 aliphatic carbocycles. The Balaban J connectivity index is 1.99. The molecule has 2 aromatic rings. The van der Waals surface area contributed by atoms with Gasteiger partial charge in [0.25, 0.3) is 0 Å². The highest BCUT2D eigenvalue weighted by Crippen LogP contribution is 2.23. The number of fused-ring (bicyclic) bond motifs is 1. The number of hydrogen-bond donors (Lipinski definition) is 0. The molecular weight excluding hydrogens is 236 g/mol. The summed E-state index contributed by atoms with van der Waals surface area (Å²) >= 11 is 6.00. The Hall–Kier alpha value is -1.32. The zero-order valence-corrected chi connectivity index (χ0v) is 10.2. The van der Waals surface area contributed by atoms with Gasteiger partial charge in [-0.1, -0.05) is 11.6 Å². The summed E-state index contributed by atoms with van der Waals surface area (Å²) in [6.07, 6.45) is 1.92. The topological polar surface area (TPSA) is 25.4 Å². The molecule has 0 amide bonds. The minimum absolute atomic E-state index is 0.749. The van der Waals surface area contributed by atoms with Gasteiger partial charge < -0.3 is 9.64 Å². The summed E-state index contributed by atoms with van der Waals surface area (Å²) in [6.45, 7) is 3.42. The molecule has 1 fully saturated rings. The molecule has 4 heteroatoms. The van der Waals surface area contributed by atoms with Crippen LogP contribution in [0.15, 0.2) is 30.5 Å². The van der Waals surface area contributed by atoms with Crippen LogP contribution in [-0.2, 0) is 4.74 Å². The van der Waals surface area contributed by atoms with E-state index in [1.165, 1.54) is 0 Å². The monoisotopic (exact) mass is 248 g/mol. The molecule has 1 aliphatic heterocycles. The summed E-state index contributed by atoms with van der Waals surface area (Å²) in [6, 6.07) is 7.90. The average molecular weight is 249 g/mol. The first-order valence-corrected chi connectivity index (χ1v) is 6.09. The van der Waals surface area contributed by atoms with Gasteiger partial charge in [0.15, 0.2) is 0 Å². The molecule has 3 rings (SSSR count). The molecule has 1 saturated heterocycles. The van der Waals surface area contributed by atoms with Crippen LogP contribution >= 0.6 is 11.6 Å². The highest BCUT2D eigenvalue weighted by Gasteiger charge is 2.11. The quantitative estimate of drug-likeness (QED) is 0.776. The minimum Gasteiger partial charge on any atom is -0.378 e. The fraction of sp³-hybridized carbons (Fsp3) is 0.308. The van der Waals surface area contributed by atoms with Crippen molar-refractivity contribution in [2.24, 2.45) is 0 Å². The number of benzene rings is 1. The number of nitrogens with zero attached hydrogens (tertiary/aromatic N) is 2. The van der Waals surface area contributed by atoms with Crippen LogP contribution in [0.5, 0.6) is 0 Å². The van der Waals surface area contributed by atoms with Crippen LogP contribution in [0.3, 0.4) is 0 Å². The highest BCUT2D eigenvalue weighted by molar-refractivity contribution is 6.31. The Kier molecular flexibility index (Phi) is 2.87. The predicted molar refractivity (Wildman–Crippen MR) is 69.8 cm³/mol. The van der Waals surface area contributed by atoms with Crippen LogP contribution in [0.1, 0.15) is 0 Å². The predicted octanol–water partition coefficient (Wildman–Crippen LogP) is 2.72. The fourth-order valence-corrected chi connectivity index (χ4v) is 2.27. The molecule has 1 aromatic heterocycles. The number of anilines is 1. The molecular formula is C13H13ClN2O. The van der Waals surface area contributed by atoms with Crippen molar-refractivity contribution >= 4 is 28.2 Å². The molecule has 88 valence electrons. The van der Waals surface area contributed by atoms with E-state index in [1.807, 2.05) is 24.4 Å². The Morgan fingerprint density at radius 2 is 2.00 bits per heavy atom. The maximum absolute atomic E-state index is 6.00. The fourth-order valence-electron chi connectivity index (χ4n) is 2.09. The van der Waals surface area contributed by atoms with E-state index < -0.39 is 0 Å². The van der Waals surface area contributed by atoms with Gasteiger partial charge in [-0.2, -0.15) is 0 Å². The standard InChI is InChI=1S/C13H13ClN2O/c14-11-1-2-13-10(7-11)8-12(9-15-13)16-3-5-17-6-4-16/h1-2,7-9H,3-6H2. The summed E-state index contributed by atoms with van der Waals surface area (Å²) in [7, 11) is 0. The number of halogens is 1. The highest BCUT2D eigenvalue weighted by atomic mass is 35.5. The Morgan fingerprint density at radius 1 is 1.18 bits per heavy atom. The lowest BCUT2D eigenvalue weighted by Crippen LogP contribution is -2.36. The Bertz CT molecular complexity index is 538. The lowest BCUT2D eigenvalue weighted by molar-refractivity contribution is 0.122. The maximum atomic E-state index is 6.00. The largest absolute Gasteiger partial charge is 0.378 e. The van der Waals surface area contributed by atoms with Gasteiger partial charge in [-0.15, -0.1) is 0 Å². The Labute approximate surface area is 105 Å². The van der Waals surface area contributed by atoms with Gasteiger partial charge in [-0.25, -0.2) is 0 Å². The first kappa shape index (κ1) is 10.8. The van der Waals surface area contributed by atoms with Gasteiger partial charge in [0.05, 0.1) is 30.6 Å². The van der Waals surface area contributed by atoms with E-state index in [9.17, 15) is 0 Å². The van der Waals surface area contributed by atoms with Crippen molar-refractivity contribution in [2.75, 3.05) is 31.2 Å². The zero-order chi connectivity index (χ0) is 11.7. The number of morpholine rings is 1. The molecule has 17 heavy (non-hydrogen) atoms. The molecule has 0 unspecified atom stereocenters. The van der Waals surface area contributed by atoms with Crippen molar-refractivity contribution in [1.29, 1.82) is 0 Å². The molecule has 0 spiro atoms. The molecule has 0 bridgehead atoms. The second kappa shape index (κ2) is 4.51. The van der Waals surface area contributed by atoms with Gasteiger partial charge in [0.1, 0.15) is 0 Å². The van der Waals surface area contributed by atoms with Gasteiger partial charge in [-0.05, 0) is 24.3 Å². The van der Waals surface area contributed by atoms with E-state index in [2.05, 4.69) is 16.0 Å². The molecule has 0 atom stereocenters. The number of ether oxygens (including phenoxy) is 1. The average Bonchev–Trinajstić information content (AvgIpc) is 2.39.